The number of hydrogen-bond donors (Lipinski definition) is 0. The first-order valence-corrected chi connectivity index (χ1v) is 17.5. The summed E-state index contributed by atoms with van der Waals surface area (Å²) in [7, 11) is 0. The maximum atomic E-state index is 2.44. The van der Waals surface area contributed by atoms with Gasteiger partial charge in [0.1, 0.15) is 0 Å². The topological polar surface area (TPSA) is 0 Å². The molecular weight excluding hydrogens is 601 g/mol. The van der Waals surface area contributed by atoms with Crippen LogP contribution in [0.25, 0.3) is 121 Å². The van der Waals surface area contributed by atoms with Gasteiger partial charge in [-0.1, -0.05) is 146 Å². The molecule has 0 radical (unpaired) electrons. The molecule has 2 aliphatic rings. The zero-order valence-electron chi connectivity index (χ0n) is 27.2. The van der Waals surface area contributed by atoms with E-state index in [-0.39, 0.29) is 0 Å². The van der Waals surface area contributed by atoms with Crippen LogP contribution in [0.15, 0.2) is 170 Å². The van der Waals surface area contributed by atoms with Gasteiger partial charge < -0.3 is 0 Å². The van der Waals surface area contributed by atoms with Crippen LogP contribution in [0.1, 0.15) is 0 Å². The summed E-state index contributed by atoms with van der Waals surface area (Å²) in [5.41, 5.74) is 15.9. The molecule has 2 aliphatic carbocycles. The second-order valence-corrected chi connectivity index (χ2v) is 14.0. The highest BCUT2D eigenvalue weighted by Crippen LogP contribution is 2.55. The van der Waals surface area contributed by atoms with E-state index in [2.05, 4.69) is 170 Å². The van der Waals surface area contributed by atoms with Crippen molar-refractivity contribution in [1.82, 2.24) is 0 Å². The van der Waals surface area contributed by atoms with E-state index in [1.165, 1.54) is 121 Å². The molecule has 10 aromatic rings. The Kier molecular flexibility index (Phi) is 5.06. The fourth-order valence-corrected chi connectivity index (χ4v) is 9.38. The smallest absolute Gasteiger partial charge is 0.00137 e. The summed E-state index contributed by atoms with van der Waals surface area (Å²) in [5.74, 6) is 0. The van der Waals surface area contributed by atoms with Gasteiger partial charge in [0.25, 0.3) is 0 Å². The van der Waals surface area contributed by atoms with Crippen LogP contribution in [0, 0.1) is 0 Å². The Morgan fingerprint density at radius 1 is 0.220 bits per heavy atom. The molecule has 0 fully saturated rings. The van der Waals surface area contributed by atoms with Crippen molar-refractivity contribution in [2.45, 2.75) is 0 Å². The van der Waals surface area contributed by atoms with Gasteiger partial charge in [0.2, 0.25) is 0 Å². The van der Waals surface area contributed by atoms with Crippen LogP contribution in [0.5, 0.6) is 0 Å². The van der Waals surface area contributed by atoms with E-state index in [1.807, 2.05) is 0 Å². The predicted molar refractivity (Wildman–Crippen MR) is 214 cm³/mol. The quantitative estimate of drug-likeness (QED) is 0.179. The highest BCUT2D eigenvalue weighted by Gasteiger charge is 2.28. The molecule has 12 rings (SSSR count). The molecule has 0 N–H and O–H groups in total. The molecule has 0 saturated heterocycles. The summed E-state index contributed by atoms with van der Waals surface area (Å²) in [6, 6.07) is 63.8. The maximum Gasteiger partial charge on any atom is -0.00137 e. The van der Waals surface area contributed by atoms with Gasteiger partial charge in [0.15, 0.2) is 0 Å². The minimum atomic E-state index is 1.25. The van der Waals surface area contributed by atoms with Crippen molar-refractivity contribution in [2.24, 2.45) is 0 Å². The van der Waals surface area contributed by atoms with E-state index >= 15 is 0 Å². The summed E-state index contributed by atoms with van der Waals surface area (Å²) >= 11 is 0. The van der Waals surface area contributed by atoms with Crippen LogP contribution in [0.2, 0.25) is 0 Å². The van der Waals surface area contributed by atoms with E-state index < -0.39 is 0 Å². The third-order valence-corrected chi connectivity index (χ3v) is 11.4. The Labute approximate surface area is 289 Å². The first kappa shape index (κ1) is 26.5. The Morgan fingerprint density at radius 2 is 0.640 bits per heavy atom. The monoisotopic (exact) mass is 628 g/mol. The molecule has 0 bridgehead atoms. The van der Waals surface area contributed by atoms with Crippen LogP contribution < -0.4 is 0 Å². The molecule has 10 aromatic carbocycles. The summed E-state index contributed by atoms with van der Waals surface area (Å²) in [5, 5.41) is 13.0. The van der Waals surface area contributed by atoms with Gasteiger partial charge in [-0.05, 0) is 145 Å². The predicted octanol–water partition coefficient (Wildman–Crippen LogP) is 14.1. The first-order chi connectivity index (χ1) is 24.8. The van der Waals surface area contributed by atoms with Crippen molar-refractivity contribution in [3.63, 3.8) is 0 Å². The highest BCUT2D eigenvalue weighted by atomic mass is 14.3. The number of fused-ring (bicyclic) bond motifs is 9. The molecule has 0 aliphatic heterocycles. The molecule has 228 valence electrons. The van der Waals surface area contributed by atoms with E-state index in [4.69, 9.17) is 0 Å². The maximum absolute atomic E-state index is 2.44. The van der Waals surface area contributed by atoms with Crippen LogP contribution in [0.3, 0.4) is 0 Å². The highest BCUT2D eigenvalue weighted by molar-refractivity contribution is 6.24. The van der Waals surface area contributed by atoms with Gasteiger partial charge in [-0.15, -0.1) is 0 Å². The molecule has 0 aromatic heterocycles. The van der Waals surface area contributed by atoms with Gasteiger partial charge in [-0.3, -0.25) is 0 Å². The summed E-state index contributed by atoms with van der Waals surface area (Å²) in [6.07, 6.45) is 0. The van der Waals surface area contributed by atoms with Gasteiger partial charge in [0, 0.05) is 0 Å². The van der Waals surface area contributed by atoms with Crippen molar-refractivity contribution in [3.05, 3.63) is 170 Å². The molecule has 0 spiro atoms. The minimum absolute atomic E-state index is 1.25. The van der Waals surface area contributed by atoms with Crippen molar-refractivity contribution in [1.29, 1.82) is 0 Å². The third kappa shape index (κ3) is 3.40. The van der Waals surface area contributed by atoms with Gasteiger partial charge in [0.05, 0.1) is 0 Å². The average Bonchev–Trinajstić information content (AvgIpc) is 3.67. The summed E-state index contributed by atoms with van der Waals surface area (Å²) in [4.78, 5) is 0. The van der Waals surface area contributed by atoms with Crippen molar-refractivity contribution < 1.29 is 0 Å². The molecule has 0 heteroatoms. The van der Waals surface area contributed by atoms with E-state index in [0.29, 0.717) is 0 Å². The fraction of sp³-hybridized carbons (Fsp3) is 0. The van der Waals surface area contributed by atoms with Crippen molar-refractivity contribution in [2.75, 3.05) is 0 Å². The van der Waals surface area contributed by atoms with Crippen molar-refractivity contribution >= 4 is 53.9 Å². The lowest BCUT2D eigenvalue weighted by Crippen LogP contribution is -1.90. The van der Waals surface area contributed by atoms with Crippen LogP contribution in [0.4, 0.5) is 0 Å². The molecule has 0 nitrogen and oxygen atoms in total. The largest absolute Gasteiger partial charge is 0.0616 e. The first-order valence-electron chi connectivity index (χ1n) is 17.5. The normalized spacial score (nSPS) is 12.4. The Bertz CT molecular complexity index is 2920. The van der Waals surface area contributed by atoms with E-state index in [1.54, 1.807) is 0 Å². The molecule has 50 heavy (non-hydrogen) atoms. The lowest BCUT2D eigenvalue weighted by Gasteiger charge is -2.17. The summed E-state index contributed by atoms with van der Waals surface area (Å²) < 4.78 is 0. The molecule has 0 atom stereocenters. The summed E-state index contributed by atoms with van der Waals surface area (Å²) in [6.45, 7) is 0. The Hall–Kier alpha value is -6.50. The molecule has 0 unspecified atom stereocenters. The molecule has 0 amide bonds. The average molecular weight is 629 g/mol. The van der Waals surface area contributed by atoms with Crippen molar-refractivity contribution in [3.8, 4) is 66.8 Å². The Balaban J connectivity index is 1.14. The molecule has 0 heterocycles. The third-order valence-electron chi connectivity index (χ3n) is 11.4. The SMILES string of the molecule is c1ccc2c(-c3ccc4ccc(-c5c6c(cc7ccccc57)-c5cccc7cccc-6c57)cc4c3)c3c(cc2c1)-c1cccc2cccc-3c12. The second kappa shape index (κ2) is 9.56. The fourth-order valence-electron chi connectivity index (χ4n) is 9.38. The number of hydrogen-bond acceptors (Lipinski definition) is 0. The minimum Gasteiger partial charge on any atom is -0.0616 e. The van der Waals surface area contributed by atoms with Crippen LogP contribution in [-0.4, -0.2) is 0 Å². The standard InChI is InChI=1S/C50H28/c1-3-15-37-32(9-1)27-43-39-17-5-11-30-13-7-19-41(45(30)39)49(43)47(37)34-23-21-29-22-24-35(26-36(29)25-34)48-38-16-4-2-10-33(38)28-44-40-18-6-12-31-14-8-20-42(46(31)40)50(44)48/h1-28H. The van der Waals surface area contributed by atoms with E-state index in [0.717, 1.165) is 0 Å². The zero-order valence-corrected chi connectivity index (χ0v) is 27.2. The lowest BCUT2D eigenvalue weighted by atomic mass is 9.86. The second-order valence-electron chi connectivity index (χ2n) is 14.0. The Morgan fingerprint density at radius 3 is 1.12 bits per heavy atom. The van der Waals surface area contributed by atoms with E-state index in [9.17, 15) is 0 Å². The zero-order chi connectivity index (χ0) is 32.5. The molecule has 0 saturated carbocycles. The van der Waals surface area contributed by atoms with Crippen LogP contribution >= 0.6 is 0 Å². The van der Waals surface area contributed by atoms with Gasteiger partial charge in [-0.25, -0.2) is 0 Å². The number of rotatable bonds is 2. The van der Waals surface area contributed by atoms with Crippen LogP contribution in [-0.2, 0) is 0 Å². The lowest BCUT2D eigenvalue weighted by molar-refractivity contribution is 1.65. The molecular formula is C50H28. The van der Waals surface area contributed by atoms with Gasteiger partial charge in [-0.2, -0.15) is 0 Å². The van der Waals surface area contributed by atoms with Gasteiger partial charge >= 0.3 is 0 Å². The number of benzene rings is 10.